The number of aromatic amines is 2. The largest absolute Gasteiger partial charge is 0.456 e. The van der Waals surface area contributed by atoms with Crippen molar-refractivity contribution in [3.05, 3.63) is 152 Å². The molecule has 0 amide bonds. The Kier molecular flexibility index (Phi) is 5.06. The maximum absolute atomic E-state index is 6.42. The maximum atomic E-state index is 6.42. The number of furan rings is 2. The van der Waals surface area contributed by atoms with Gasteiger partial charge in [0.15, 0.2) is 0 Å². The van der Waals surface area contributed by atoms with Crippen LogP contribution in [0.1, 0.15) is 0 Å². The topological polar surface area (TPSA) is 62.8 Å². The molecule has 13 aromatic rings. The van der Waals surface area contributed by atoms with E-state index in [1.807, 2.05) is 24.3 Å². The fraction of sp³-hybridized carbons (Fsp3) is 0. The van der Waals surface area contributed by atoms with Gasteiger partial charge in [0.1, 0.15) is 22.3 Å². The van der Waals surface area contributed by atoms with Gasteiger partial charge in [-0.25, -0.2) is 0 Å². The van der Waals surface area contributed by atoms with Crippen molar-refractivity contribution in [2.75, 3.05) is 0 Å². The third-order valence-electron chi connectivity index (χ3n) is 11.4. The number of benzene rings is 8. The molecule has 5 nitrogen and oxygen atoms in total. The first kappa shape index (κ1) is 27.5. The molecule has 246 valence electrons. The van der Waals surface area contributed by atoms with Gasteiger partial charge in [-0.05, 0) is 71.8 Å². The quantitative estimate of drug-likeness (QED) is 0.191. The van der Waals surface area contributed by atoms with Crippen LogP contribution in [0.3, 0.4) is 0 Å². The van der Waals surface area contributed by atoms with Crippen LogP contribution in [0.5, 0.6) is 0 Å². The molecule has 0 radical (unpaired) electrons. The lowest BCUT2D eigenvalue weighted by Crippen LogP contribution is -1.94. The fourth-order valence-corrected chi connectivity index (χ4v) is 9.15. The molecular weight excluding hydrogens is 651 g/mol. The Labute approximate surface area is 300 Å². The van der Waals surface area contributed by atoms with Crippen molar-refractivity contribution in [3.63, 3.8) is 0 Å². The van der Waals surface area contributed by atoms with E-state index in [-0.39, 0.29) is 0 Å². The highest BCUT2D eigenvalue weighted by atomic mass is 16.3. The number of fused-ring (bicyclic) bond motifs is 15. The summed E-state index contributed by atoms with van der Waals surface area (Å²) in [6, 6.07) is 54.2. The van der Waals surface area contributed by atoms with Crippen LogP contribution < -0.4 is 0 Å². The molecule has 53 heavy (non-hydrogen) atoms. The summed E-state index contributed by atoms with van der Waals surface area (Å²) in [5.74, 6) is 0. The number of hydrogen-bond donors (Lipinski definition) is 2. The molecule has 8 aromatic carbocycles. The Bertz CT molecular complexity index is 3700. The number of nitrogens with one attached hydrogen (secondary N) is 2. The minimum Gasteiger partial charge on any atom is -0.456 e. The van der Waals surface area contributed by atoms with E-state index >= 15 is 0 Å². The summed E-state index contributed by atoms with van der Waals surface area (Å²) in [5, 5.41) is 11.8. The Morgan fingerprint density at radius 1 is 0.358 bits per heavy atom. The van der Waals surface area contributed by atoms with Crippen LogP contribution in [-0.4, -0.2) is 14.5 Å². The van der Waals surface area contributed by atoms with Crippen molar-refractivity contribution in [1.29, 1.82) is 0 Å². The van der Waals surface area contributed by atoms with Crippen LogP contribution in [0.15, 0.2) is 160 Å². The van der Waals surface area contributed by atoms with E-state index in [1.54, 1.807) is 0 Å². The number of nitrogens with zero attached hydrogens (tertiary/aromatic N) is 1. The third-order valence-corrected chi connectivity index (χ3v) is 11.4. The standard InChI is InChI=1S/C48H27N3O2/c1-4-14-40-29(9-1)33-23-34-30-10-2-5-16-43(30)53-46(34)25-42(33)51(40)41-15-8-13-36-48(41)35-22-32-28-20-19-26(21-37(28)50-38(32)24-39(35)49-36)27-12-7-18-45-47(27)31-11-3-6-17-44(31)52-45/h1-25,49-50H. The summed E-state index contributed by atoms with van der Waals surface area (Å²) in [7, 11) is 0. The highest BCUT2D eigenvalue weighted by molar-refractivity contribution is 6.22. The lowest BCUT2D eigenvalue weighted by molar-refractivity contribution is 0.668. The summed E-state index contributed by atoms with van der Waals surface area (Å²) in [4.78, 5) is 7.53. The Morgan fingerprint density at radius 3 is 1.98 bits per heavy atom. The van der Waals surface area contributed by atoms with E-state index in [4.69, 9.17) is 8.83 Å². The van der Waals surface area contributed by atoms with Crippen LogP contribution >= 0.6 is 0 Å². The van der Waals surface area contributed by atoms with E-state index < -0.39 is 0 Å². The van der Waals surface area contributed by atoms with Crippen LogP contribution in [0.2, 0.25) is 0 Å². The highest BCUT2D eigenvalue weighted by Gasteiger charge is 2.20. The highest BCUT2D eigenvalue weighted by Crippen LogP contribution is 2.43. The molecule has 0 aliphatic rings. The predicted octanol–water partition coefficient (Wildman–Crippen LogP) is 13.5. The second-order valence-electron chi connectivity index (χ2n) is 14.2. The van der Waals surface area contributed by atoms with Crippen molar-refractivity contribution in [3.8, 4) is 16.8 Å². The minimum absolute atomic E-state index is 0.894. The summed E-state index contributed by atoms with van der Waals surface area (Å²) >= 11 is 0. The molecule has 5 heterocycles. The molecule has 2 N–H and O–H groups in total. The number of hydrogen-bond acceptors (Lipinski definition) is 2. The molecule has 0 saturated carbocycles. The average molecular weight is 678 g/mol. The van der Waals surface area contributed by atoms with Crippen LogP contribution in [0, 0.1) is 0 Å². The molecule has 5 heteroatoms. The first-order valence-corrected chi connectivity index (χ1v) is 18.0. The Balaban J connectivity index is 1.05. The van der Waals surface area contributed by atoms with Crippen LogP contribution in [0.4, 0.5) is 0 Å². The molecule has 0 spiro atoms. The second kappa shape index (κ2) is 9.75. The fourth-order valence-electron chi connectivity index (χ4n) is 9.15. The van der Waals surface area contributed by atoms with Crippen LogP contribution in [-0.2, 0) is 0 Å². The minimum atomic E-state index is 0.894. The molecule has 0 saturated heterocycles. The van der Waals surface area contributed by atoms with Gasteiger partial charge in [-0.2, -0.15) is 0 Å². The third kappa shape index (κ3) is 3.60. The molecule has 0 bridgehead atoms. The zero-order chi connectivity index (χ0) is 34.4. The van der Waals surface area contributed by atoms with Crippen molar-refractivity contribution < 1.29 is 8.83 Å². The van der Waals surface area contributed by atoms with Gasteiger partial charge in [-0.3, -0.25) is 0 Å². The van der Waals surface area contributed by atoms with Gasteiger partial charge in [-0.1, -0.05) is 84.9 Å². The molecular formula is C48H27N3O2. The Hall–Kier alpha value is -7.24. The average Bonchev–Trinajstić information content (AvgIpc) is 4.00. The van der Waals surface area contributed by atoms with Gasteiger partial charge < -0.3 is 23.4 Å². The van der Waals surface area contributed by atoms with Crippen molar-refractivity contribution >= 4 is 109 Å². The van der Waals surface area contributed by atoms with Crippen molar-refractivity contribution in [2.24, 2.45) is 0 Å². The summed E-state index contributed by atoms with van der Waals surface area (Å²) in [6.45, 7) is 0. The SMILES string of the molecule is c1cc(-n2c3ccccc3c3cc4c(cc32)oc2ccccc24)c2c(c1)[nH]c1cc3[nH]c4cc(-c5cccc6oc7ccccc7c56)ccc4c3cc12. The molecule has 5 aromatic heterocycles. The summed E-state index contributed by atoms with van der Waals surface area (Å²) in [6.07, 6.45) is 0. The van der Waals surface area contributed by atoms with Gasteiger partial charge in [0.2, 0.25) is 0 Å². The lowest BCUT2D eigenvalue weighted by Gasteiger charge is -2.10. The van der Waals surface area contributed by atoms with Gasteiger partial charge in [0, 0.05) is 82.0 Å². The first-order valence-electron chi connectivity index (χ1n) is 18.0. The number of rotatable bonds is 2. The number of aromatic nitrogens is 3. The zero-order valence-electron chi connectivity index (χ0n) is 28.2. The summed E-state index contributed by atoms with van der Waals surface area (Å²) < 4.78 is 15.0. The smallest absolute Gasteiger partial charge is 0.137 e. The maximum Gasteiger partial charge on any atom is 0.137 e. The van der Waals surface area contributed by atoms with Gasteiger partial charge >= 0.3 is 0 Å². The Morgan fingerprint density at radius 2 is 1.06 bits per heavy atom. The number of H-pyrrole nitrogens is 2. The zero-order valence-corrected chi connectivity index (χ0v) is 28.2. The van der Waals surface area contributed by atoms with E-state index in [9.17, 15) is 0 Å². The van der Waals surface area contributed by atoms with Crippen molar-refractivity contribution in [1.82, 2.24) is 14.5 Å². The molecule has 0 aliphatic heterocycles. The summed E-state index contributed by atoms with van der Waals surface area (Å²) in [5.41, 5.74) is 13.8. The van der Waals surface area contributed by atoms with E-state index in [0.29, 0.717) is 0 Å². The first-order chi connectivity index (χ1) is 26.2. The van der Waals surface area contributed by atoms with Crippen LogP contribution in [0.25, 0.3) is 126 Å². The van der Waals surface area contributed by atoms with E-state index in [2.05, 4.69) is 142 Å². The molecule has 0 unspecified atom stereocenters. The van der Waals surface area contributed by atoms with Gasteiger partial charge in [0.05, 0.1) is 16.7 Å². The van der Waals surface area contributed by atoms with Gasteiger partial charge in [0.25, 0.3) is 0 Å². The predicted molar refractivity (Wildman–Crippen MR) is 219 cm³/mol. The normalized spacial score (nSPS) is 12.5. The second-order valence-corrected chi connectivity index (χ2v) is 14.2. The number of para-hydroxylation sites is 3. The molecule has 13 rings (SSSR count). The lowest BCUT2D eigenvalue weighted by atomic mass is 9.98. The van der Waals surface area contributed by atoms with Crippen molar-refractivity contribution in [2.45, 2.75) is 0 Å². The van der Waals surface area contributed by atoms with E-state index in [0.717, 1.165) is 82.7 Å². The monoisotopic (exact) mass is 677 g/mol. The van der Waals surface area contributed by atoms with Gasteiger partial charge in [-0.15, -0.1) is 0 Å². The molecule has 0 fully saturated rings. The van der Waals surface area contributed by atoms with E-state index in [1.165, 1.54) is 43.4 Å². The molecule has 0 atom stereocenters. The molecule has 0 aliphatic carbocycles.